The van der Waals surface area contributed by atoms with Crippen molar-refractivity contribution in [3.63, 3.8) is 0 Å². The number of carbonyl (C=O) groups is 1. The van der Waals surface area contributed by atoms with E-state index in [9.17, 15) is 4.79 Å². The van der Waals surface area contributed by atoms with Crippen LogP contribution in [0.5, 0.6) is 5.75 Å². The van der Waals surface area contributed by atoms with E-state index >= 15 is 0 Å². The van der Waals surface area contributed by atoms with Crippen LogP contribution < -0.4 is 4.74 Å². The highest BCUT2D eigenvalue weighted by molar-refractivity contribution is 9.10. The number of methoxy groups -OCH3 is 1. The van der Waals surface area contributed by atoms with E-state index in [1.807, 2.05) is 0 Å². The van der Waals surface area contributed by atoms with E-state index < -0.39 is 5.97 Å². The van der Waals surface area contributed by atoms with Crippen LogP contribution in [0.2, 0.25) is 0 Å². The molecule has 0 fully saturated rings. The Morgan fingerprint density at radius 1 is 1.50 bits per heavy atom. The van der Waals surface area contributed by atoms with Crippen LogP contribution in [0.15, 0.2) is 16.7 Å². The third kappa shape index (κ3) is 3.48. The van der Waals surface area contributed by atoms with Crippen molar-refractivity contribution < 1.29 is 14.3 Å². The van der Waals surface area contributed by atoms with Gasteiger partial charge in [0.2, 0.25) is 0 Å². The summed E-state index contributed by atoms with van der Waals surface area (Å²) in [5, 5.41) is 0. The zero-order chi connectivity index (χ0) is 12.0. The molecule has 0 N–H and O–H groups in total. The number of esters is 1. The third-order valence-corrected chi connectivity index (χ3v) is 2.40. The molecule has 0 spiro atoms. The summed E-state index contributed by atoms with van der Waals surface area (Å²) in [5.41, 5.74) is 0.202. The van der Waals surface area contributed by atoms with Gasteiger partial charge in [0.15, 0.2) is 11.4 Å². The lowest BCUT2D eigenvalue weighted by Gasteiger charge is -2.09. The number of hydrogen-bond donors (Lipinski definition) is 0. The maximum atomic E-state index is 11.4. The molecule has 1 rings (SSSR count). The first-order chi connectivity index (χ1) is 7.69. The molecule has 0 aliphatic rings. The zero-order valence-electron chi connectivity index (χ0n) is 9.33. The minimum absolute atomic E-state index is 0.202. The number of rotatable bonds is 5. The summed E-state index contributed by atoms with van der Waals surface area (Å²) in [6, 6.07) is 3.44. The van der Waals surface area contributed by atoms with E-state index in [2.05, 4.69) is 32.6 Å². The molecule has 0 aromatic carbocycles. The first kappa shape index (κ1) is 13.0. The number of nitrogens with zero attached hydrogens (tertiary/aromatic N) is 1. The minimum atomic E-state index is -0.493. The average Bonchev–Trinajstić information content (AvgIpc) is 2.30. The van der Waals surface area contributed by atoms with Gasteiger partial charge in [-0.1, -0.05) is 13.3 Å². The molecule has 1 heterocycles. The second-order valence-electron chi connectivity index (χ2n) is 3.17. The van der Waals surface area contributed by atoms with Gasteiger partial charge < -0.3 is 9.47 Å². The van der Waals surface area contributed by atoms with Crippen LogP contribution in [-0.4, -0.2) is 24.7 Å². The summed E-state index contributed by atoms with van der Waals surface area (Å²) in [7, 11) is 1.32. The van der Waals surface area contributed by atoms with Crippen LogP contribution in [-0.2, 0) is 4.74 Å². The van der Waals surface area contributed by atoms with Crippen molar-refractivity contribution in [1.29, 1.82) is 0 Å². The van der Waals surface area contributed by atoms with Crippen LogP contribution >= 0.6 is 15.9 Å². The van der Waals surface area contributed by atoms with Crippen LogP contribution in [0, 0.1) is 0 Å². The van der Waals surface area contributed by atoms with E-state index in [-0.39, 0.29) is 5.69 Å². The van der Waals surface area contributed by atoms with E-state index in [4.69, 9.17) is 4.74 Å². The number of hydrogen-bond acceptors (Lipinski definition) is 4. The summed E-state index contributed by atoms with van der Waals surface area (Å²) >= 11 is 3.20. The summed E-state index contributed by atoms with van der Waals surface area (Å²) in [6.45, 7) is 2.65. The molecule has 0 bridgehead atoms. The molecule has 1 aromatic rings. The second-order valence-corrected chi connectivity index (χ2v) is 3.99. The maximum absolute atomic E-state index is 11.4. The highest BCUT2D eigenvalue weighted by atomic mass is 79.9. The second kappa shape index (κ2) is 6.48. The quantitative estimate of drug-likeness (QED) is 0.475. The van der Waals surface area contributed by atoms with Crippen LogP contribution in [0.25, 0.3) is 0 Å². The topological polar surface area (TPSA) is 48.4 Å². The summed E-state index contributed by atoms with van der Waals surface area (Å²) in [4.78, 5) is 15.5. The lowest BCUT2D eigenvalue weighted by Crippen LogP contribution is -2.09. The lowest BCUT2D eigenvalue weighted by molar-refractivity contribution is 0.0588. The fraction of sp³-hybridized carbons (Fsp3) is 0.455. The van der Waals surface area contributed by atoms with Crippen molar-refractivity contribution >= 4 is 21.9 Å². The Morgan fingerprint density at radius 2 is 2.25 bits per heavy atom. The number of carbonyl (C=O) groups excluding carboxylic acids is 1. The minimum Gasteiger partial charge on any atom is -0.491 e. The molecule has 0 amide bonds. The SMILES string of the molecule is CCCCOc1ccc(Br)nc1C(=O)OC. The van der Waals surface area contributed by atoms with Crippen LogP contribution in [0.1, 0.15) is 30.3 Å². The van der Waals surface area contributed by atoms with Gasteiger partial charge in [-0.15, -0.1) is 0 Å². The molecule has 0 atom stereocenters. The molecule has 0 aliphatic heterocycles. The van der Waals surface area contributed by atoms with Crippen molar-refractivity contribution in [3.05, 3.63) is 22.4 Å². The molecular formula is C11H14BrNO3. The Hall–Kier alpha value is -1.10. The maximum Gasteiger partial charge on any atom is 0.360 e. The highest BCUT2D eigenvalue weighted by Gasteiger charge is 2.15. The number of unbranched alkanes of at least 4 members (excludes halogenated alkanes) is 1. The smallest absolute Gasteiger partial charge is 0.360 e. The number of ether oxygens (including phenoxy) is 2. The molecule has 4 nitrogen and oxygen atoms in total. The van der Waals surface area contributed by atoms with Crippen molar-refractivity contribution in [1.82, 2.24) is 4.98 Å². The first-order valence-corrected chi connectivity index (χ1v) is 5.86. The van der Waals surface area contributed by atoms with Gasteiger partial charge in [-0.3, -0.25) is 0 Å². The molecule has 0 aliphatic carbocycles. The van der Waals surface area contributed by atoms with E-state index in [1.54, 1.807) is 12.1 Å². The third-order valence-electron chi connectivity index (χ3n) is 1.96. The fourth-order valence-corrected chi connectivity index (χ4v) is 1.42. The van der Waals surface area contributed by atoms with Crippen molar-refractivity contribution in [2.75, 3.05) is 13.7 Å². The Bertz CT molecular complexity index is 368. The van der Waals surface area contributed by atoms with Gasteiger partial charge >= 0.3 is 5.97 Å². The number of halogens is 1. The Balaban J connectivity index is 2.85. The fourth-order valence-electron chi connectivity index (χ4n) is 1.11. The predicted molar refractivity (Wildman–Crippen MR) is 63.7 cm³/mol. The normalized spacial score (nSPS) is 9.94. The van der Waals surface area contributed by atoms with E-state index in [1.165, 1.54) is 7.11 Å². The zero-order valence-corrected chi connectivity index (χ0v) is 10.9. The largest absolute Gasteiger partial charge is 0.491 e. The molecule has 88 valence electrons. The van der Waals surface area contributed by atoms with Crippen molar-refractivity contribution in [2.24, 2.45) is 0 Å². The Labute approximate surface area is 103 Å². The van der Waals surface area contributed by atoms with Gasteiger partial charge in [-0.25, -0.2) is 9.78 Å². The van der Waals surface area contributed by atoms with Crippen LogP contribution in [0.4, 0.5) is 0 Å². The molecule has 0 unspecified atom stereocenters. The van der Waals surface area contributed by atoms with Gasteiger partial charge in [0.05, 0.1) is 13.7 Å². The summed E-state index contributed by atoms with van der Waals surface area (Å²) < 4.78 is 10.7. The molecule has 0 saturated heterocycles. The Kier molecular flexibility index (Phi) is 5.25. The van der Waals surface area contributed by atoms with Gasteiger partial charge in [-0.2, -0.15) is 0 Å². The number of pyridine rings is 1. The van der Waals surface area contributed by atoms with E-state index in [0.717, 1.165) is 12.8 Å². The van der Waals surface area contributed by atoms with Gasteiger partial charge in [0.1, 0.15) is 4.60 Å². The van der Waals surface area contributed by atoms with Gasteiger partial charge in [-0.05, 0) is 34.5 Å². The molecule has 5 heteroatoms. The standard InChI is InChI=1S/C11H14BrNO3/c1-3-4-7-16-8-5-6-9(12)13-10(8)11(14)15-2/h5-6H,3-4,7H2,1-2H3. The molecule has 0 saturated carbocycles. The molecule has 1 aromatic heterocycles. The summed E-state index contributed by atoms with van der Waals surface area (Å²) in [5.74, 6) is -0.0312. The first-order valence-electron chi connectivity index (χ1n) is 5.06. The monoisotopic (exact) mass is 287 g/mol. The Morgan fingerprint density at radius 3 is 2.88 bits per heavy atom. The van der Waals surface area contributed by atoms with Crippen molar-refractivity contribution in [2.45, 2.75) is 19.8 Å². The molecular weight excluding hydrogens is 274 g/mol. The van der Waals surface area contributed by atoms with Crippen molar-refractivity contribution in [3.8, 4) is 5.75 Å². The number of aromatic nitrogens is 1. The van der Waals surface area contributed by atoms with Gasteiger partial charge in [0, 0.05) is 0 Å². The summed E-state index contributed by atoms with van der Waals surface area (Å²) in [6.07, 6.45) is 1.98. The molecule has 16 heavy (non-hydrogen) atoms. The average molecular weight is 288 g/mol. The van der Waals surface area contributed by atoms with Gasteiger partial charge in [0.25, 0.3) is 0 Å². The van der Waals surface area contributed by atoms with E-state index in [0.29, 0.717) is 17.0 Å². The predicted octanol–water partition coefficient (Wildman–Crippen LogP) is 2.81. The highest BCUT2D eigenvalue weighted by Crippen LogP contribution is 2.20. The lowest BCUT2D eigenvalue weighted by atomic mass is 10.3. The molecule has 0 radical (unpaired) electrons. The van der Waals surface area contributed by atoms with Crippen LogP contribution in [0.3, 0.4) is 0 Å².